The Morgan fingerprint density at radius 1 is 1.10 bits per heavy atom. The van der Waals surface area contributed by atoms with Gasteiger partial charge in [0, 0.05) is 17.1 Å². The highest BCUT2D eigenvalue weighted by Crippen LogP contribution is 2.15. The van der Waals surface area contributed by atoms with E-state index in [2.05, 4.69) is 22.4 Å². The molecular weight excluding hydrogens is 284 g/mol. The molecule has 0 aliphatic carbocycles. The number of benzene rings is 2. The van der Waals surface area contributed by atoms with Gasteiger partial charge >= 0.3 is 0 Å². The molecule has 21 heavy (non-hydrogen) atoms. The summed E-state index contributed by atoms with van der Waals surface area (Å²) in [6.45, 7) is 2.86. The van der Waals surface area contributed by atoms with Crippen LogP contribution in [0.15, 0.2) is 53.5 Å². The summed E-state index contributed by atoms with van der Waals surface area (Å²) in [5.74, 6) is 0.969. The molecular formula is C17H17ClN2O. The average Bonchev–Trinajstić information content (AvgIpc) is 3.02. The summed E-state index contributed by atoms with van der Waals surface area (Å²) < 4.78 is 5.82. The number of aliphatic imine (C=N–C) groups is 1. The molecule has 108 valence electrons. The van der Waals surface area contributed by atoms with Gasteiger partial charge in [-0.2, -0.15) is 0 Å². The van der Waals surface area contributed by atoms with Gasteiger partial charge < -0.3 is 10.1 Å². The fourth-order valence-corrected chi connectivity index (χ4v) is 2.57. The molecule has 4 heteroatoms. The van der Waals surface area contributed by atoms with Crippen LogP contribution in [0.5, 0.6) is 0 Å². The van der Waals surface area contributed by atoms with Crippen LogP contribution < -0.4 is 5.32 Å². The number of rotatable bonds is 5. The Hall–Kier alpha value is -1.84. The van der Waals surface area contributed by atoms with Gasteiger partial charge in [-0.15, -0.1) is 0 Å². The van der Waals surface area contributed by atoms with E-state index in [4.69, 9.17) is 16.3 Å². The molecule has 2 aromatic carbocycles. The molecule has 0 bridgehead atoms. The van der Waals surface area contributed by atoms with Crippen LogP contribution in [0.3, 0.4) is 0 Å². The van der Waals surface area contributed by atoms with Gasteiger partial charge in [-0.3, -0.25) is 4.99 Å². The van der Waals surface area contributed by atoms with E-state index in [0.717, 1.165) is 40.6 Å². The third-order valence-electron chi connectivity index (χ3n) is 3.36. The van der Waals surface area contributed by atoms with Crippen LogP contribution in [0.4, 0.5) is 0 Å². The Bertz CT molecular complexity index is 655. The molecule has 3 rings (SSSR count). The predicted octanol–water partition coefficient (Wildman–Crippen LogP) is 3.41. The summed E-state index contributed by atoms with van der Waals surface area (Å²) >= 11 is 5.97. The van der Waals surface area contributed by atoms with E-state index in [-0.39, 0.29) is 0 Å². The van der Waals surface area contributed by atoms with Crippen LogP contribution in [0.25, 0.3) is 0 Å². The van der Waals surface area contributed by atoms with Crippen molar-refractivity contribution in [3.05, 3.63) is 70.2 Å². The molecule has 1 heterocycles. The first-order valence-corrected chi connectivity index (χ1v) is 7.39. The molecule has 0 fully saturated rings. The fourth-order valence-electron chi connectivity index (χ4n) is 2.36. The lowest BCUT2D eigenvalue weighted by Crippen LogP contribution is -2.21. The number of hydrogen-bond acceptors (Lipinski definition) is 3. The van der Waals surface area contributed by atoms with Crippen molar-refractivity contribution in [1.29, 1.82) is 0 Å². The van der Waals surface area contributed by atoms with E-state index in [1.165, 1.54) is 0 Å². The van der Waals surface area contributed by atoms with Gasteiger partial charge in [-0.05, 0) is 23.3 Å². The van der Waals surface area contributed by atoms with Crippen molar-refractivity contribution in [3.8, 4) is 0 Å². The van der Waals surface area contributed by atoms with E-state index in [1.54, 1.807) is 0 Å². The second-order valence-electron chi connectivity index (χ2n) is 4.94. The molecule has 0 amide bonds. The van der Waals surface area contributed by atoms with Crippen molar-refractivity contribution in [2.24, 2.45) is 4.99 Å². The monoisotopic (exact) mass is 300 g/mol. The van der Waals surface area contributed by atoms with Crippen molar-refractivity contribution in [1.82, 2.24) is 5.32 Å². The van der Waals surface area contributed by atoms with Crippen molar-refractivity contribution < 1.29 is 4.74 Å². The highest BCUT2D eigenvalue weighted by atomic mass is 35.5. The van der Waals surface area contributed by atoms with Crippen LogP contribution in [-0.4, -0.2) is 18.9 Å². The highest BCUT2D eigenvalue weighted by Gasteiger charge is 2.11. The maximum absolute atomic E-state index is 5.97. The Balaban J connectivity index is 1.65. The molecule has 0 unspecified atom stereocenters. The van der Waals surface area contributed by atoms with Crippen LogP contribution in [0.2, 0.25) is 5.02 Å². The van der Waals surface area contributed by atoms with Gasteiger partial charge in [-0.25, -0.2) is 0 Å². The highest BCUT2D eigenvalue weighted by molar-refractivity contribution is 6.30. The molecule has 0 atom stereocenters. The topological polar surface area (TPSA) is 33.6 Å². The van der Waals surface area contributed by atoms with Crippen LogP contribution in [-0.2, 0) is 18.0 Å². The minimum Gasteiger partial charge on any atom is -0.372 e. The molecule has 1 aliphatic heterocycles. The quantitative estimate of drug-likeness (QED) is 0.918. The summed E-state index contributed by atoms with van der Waals surface area (Å²) in [5.41, 5.74) is 3.35. The Kier molecular flexibility index (Phi) is 4.53. The van der Waals surface area contributed by atoms with Gasteiger partial charge in [0.1, 0.15) is 5.84 Å². The predicted molar refractivity (Wildman–Crippen MR) is 85.8 cm³/mol. The van der Waals surface area contributed by atoms with Gasteiger partial charge in [0.25, 0.3) is 0 Å². The first kappa shape index (κ1) is 14.1. The van der Waals surface area contributed by atoms with E-state index >= 15 is 0 Å². The normalized spacial score (nSPS) is 13.9. The Labute approximate surface area is 129 Å². The largest absolute Gasteiger partial charge is 0.372 e. The van der Waals surface area contributed by atoms with Gasteiger partial charge in [-0.1, -0.05) is 48.0 Å². The SMILES string of the molecule is Clc1cccc(COCc2ccccc2C2=NCCN2)c1. The second kappa shape index (κ2) is 6.74. The van der Waals surface area contributed by atoms with Crippen molar-refractivity contribution in [2.45, 2.75) is 13.2 Å². The Morgan fingerprint density at radius 2 is 2.00 bits per heavy atom. The number of nitrogens with one attached hydrogen (secondary N) is 1. The standard InChI is InChI=1S/C17H17ClN2O/c18-15-6-3-4-13(10-15)11-21-12-14-5-1-2-7-16(14)17-19-8-9-20-17/h1-7,10H,8-9,11-12H2,(H,19,20). The van der Waals surface area contributed by atoms with Crippen LogP contribution >= 0.6 is 11.6 Å². The molecule has 0 aromatic heterocycles. The maximum atomic E-state index is 5.97. The second-order valence-corrected chi connectivity index (χ2v) is 5.37. The minimum atomic E-state index is 0.550. The molecule has 2 aromatic rings. The zero-order valence-electron chi connectivity index (χ0n) is 11.7. The van der Waals surface area contributed by atoms with E-state index < -0.39 is 0 Å². The summed E-state index contributed by atoms with van der Waals surface area (Å²) in [4.78, 5) is 4.48. The van der Waals surface area contributed by atoms with Crippen molar-refractivity contribution >= 4 is 17.4 Å². The summed E-state index contributed by atoms with van der Waals surface area (Å²) in [5, 5.41) is 4.04. The van der Waals surface area contributed by atoms with E-state index in [0.29, 0.717) is 13.2 Å². The summed E-state index contributed by atoms with van der Waals surface area (Å²) in [6.07, 6.45) is 0. The summed E-state index contributed by atoms with van der Waals surface area (Å²) in [7, 11) is 0. The van der Waals surface area contributed by atoms with E-state index in [1.807, 2.05) is 36.4 Å². The first-order valence-electron chi connectivity index (χ1n) is 7.02. The first-order chi connectivity index (χ1) is 10.3. The lowest BCUT2D eigenvalue weighted by Gasteiger charge is -2.11. The Morgan fingerprint density at radius 3 is 2.81 bits per heavy atom. The molecule has 0 saturated heterocycles. The lowest BCUT2D eigenvalue weighted by atomic mass is 10.1. The van der Waals surface area contributed by atoms with Crippen molar-refractivity contribution in [3.63, 3.8) is 0 Å². The zero-order chi connectivity index (χ0) is 14.5. The lowest BCUT2D eigenvalue weighted by molar-refractivity contribution is 0.107. The van der Waals surface area contributed by atoms with Crippen LogP contribution in [0, 0.1) is 0 Å². The number of halogens is 1. The molecule has 3 nitrogen and oxygen atoms in total. The molecule has 0 saturated carbocycles. The van der Waals surface area contributed by atoms with Gasteiger partial charge in [0.05, 0.1) is 19.8 Å². The maximum Gasteiger partial charge on any atom is 0.128 e. The molecule has 1 N–H and O–H groups in total. The smallest absolute Gasteiger partial charge is 0.128 e. The number of ether oxygens (including phenoxy) is 1. The number of hydrogen-bond donors (Lipinski definition) is 1. The molecule has 1 aliphatic rings. The van der Waals surface area contributed by atoms with Crippen molar-refractivity contribution in [2.75, 3.05) is 13.1 Å². The molecule has 0 spiro atoms. The minimum absolute atomic E-state index is 0.550. The van der Waals surface area contributed by atoms with Gasteiger partial charge in [0.2, 0.25) is 0 Å². The zero-order valence-corrected chi connectivity index (χ0v) is 12.4. The third kappa shape index (κ3) is 3.63. The van der Waals surface area contributed by atoms with Gasteiger partial charge in [0.15, 0.2) is 0 Å². The summed E-state index contributed by atoms with van der Waals surface area (Å²) in [6, 6.07) is 16.0. The number of amidine groups is 1. The number of nitrogens with zero attached hydrogens (tertiary/aromatic N) is 1. The average molecular weight is 301 g/mol. The molecule has 0 radical (unpaired) electrons. The third-order valence-corrected chi connectivity index (χ3v) is 3.60. The fraction of sp³-hybridized carbons (Fsp3) is 0.235. The van der Waals surface area contributed by atoms with Crippen LogP contribution in [0.1, 0.15) is 16.7 Å². The van der Waals surface area contributed by atoms with E-state index in [9.17, 15) is 0 Å².